The molecule has 0 radical (unpaired) electrons. The van der Waals surface area contributed by atoms with Crippen molar-refractivity contribution in [3.63, 3.8) is 0 Å². The van der Waals surface area contributed by atoms with Gasteiger partial charge in [0.25, 0.3) is 5.91 Å². The zero-order chi connectivity index (χ0) is 16.2. The molecule has 0 unspecified atom stereocenters. The van der Waals surface area contributed by atoms with Crippen molar-refractivity contribution >= 4 is 33.3 Å². The van der Waals surface area contributed by atoms with Gasteiger partial charge >= 0.3 is 5.95 Å². The molecule has 1 amide bonds. The van der Waals surface area contributed by atoms with Crippen molar-refractivity contribution in [3.05, 3.63) is 51.7 Å². The van der Waals surface area contributed by atoms with Crippen molar-refractivity contribution in [1.82, 2.24) is 20.1 Å². The Labute approximate surface area is 134 Å². The van der Waals surface area contributed by atoms with E-state index >= 15 is 0 Å². The highest BCUT2D eigenvalue weighted by molar-refractivity contribution is 7.20. The van der Waals surface area contributed by atoms with Crippen LogP contribution in [0.4, 0.5) is 5.95 Å². The average Bonchev–Trinajstić information content (AvgIpc) is 3.17. The molecule has 2 heterocycles. The Balaban J connectivity index is 1.49. The molecule has 23 heavy (non-hydrogen) atoms. The highest BCUT2D eigenvalue weighted by atomic mass is 32.1. The first kappa shape index (κ1) is 15.1. The van der Waals surface area contributed by atoms with Crippen molar-refractivity contribution in [2.75, 3.05) is 6.54 Å². The highest BCUT2D eigenvalue weighted by Crippen LogP contribution is 2.24. The van der Waals surface area contributed by atoms with Gasteiger partial charge in [0.2, 0.25) is 6.33 Å². The van der Waals surface area contributed by atoms with Crippen LogP contribution >= 0.6 is 11.3 Å². The third kappa shape index (κ3) is 3.51. The van der Waals surface area contributed by atoms with Crippen LogP contribution in [0.3, 0.4) is 0 Å². The van der Waals surface area contributed by atoms with Crippen LogP contribution in [0.15, 0.2) is 36.7 Å². The van der Waals surface area contributed by atoms with Gasteiger partial charge in [-0.05, 0) is 28.9 Å². The van der Waals surface area contributed by atoms with E-state index in [-0.39, 0.29) is 5.91 Å². The molecule has 2 aromatic heterocycles. The van der Waals surface area contributed by atoms with Crippen LogP contribution in [0.25, 0.3) is 10.1 Å². The summed E-state index contributed by atoms with van der Waals surface area (Å²) in [5, 5.41) is 18.1. The molecule has 118 valence electrons. The number of amides is 1. The fraction of sp³-hybridized carbons (Fsp3) is 0.214. The third-order valence-electron chi connectivity index (χ3n) is 3.19. The first-order valence-electron chi connectivity index (χ1n) is 6.94. The van der Waals surface area contributed by atoms with Crippen molar-refractivity contribution < 1.29 is 9.72 Å². The van der Waals surface area contributed by atoms with Crippen molar-refractivity contribution in [1.29, 1.82) is 0 Å². The standard InChI is InChI=1S/C14H13N5O3S/c20-13(12-8-10-4-1-2-5-11(10)23-12)15-6-3-7-18-9-16-14(17-18)19(21)22/h1-2,4-5,8-9H,3,6-7H2,(H,15,20). The summed E-state index contributed by atoms with van der Waals surface area (Å²) in [6.07, 6.45) is 1.92. The van der Waals surface area contributed by atoms with Gasteiger partial charge in [-0.15, -0.1) is 11.3 Å². The van der Waals surface area contributed by atoms with E-state index in [0.29, 0.717) is 24.4 Å². The van der Waals surface area contributed by atoms with Crippen LogP contribution in [-0.2, 0) is 6.54 Å². The SMILES string of the molecule is O=C(NCCCn1cnc([N+](=O)[O-])n1)c1cc2ccccc2s1. The molecule has 1 N–H and O–H groups in total. The number of fused-ring (bicyclic) bond motifs is 1. The molecule has 0 atom stereocenters. The van der Waals surface area contributed by atoms with E-state index in [9.17, 15) is 14.9 Å². The molecule has 0 aliphatic heterocycles. The van der Waals surface area contributed by atoms with Gasteiger partial charge in [0.15, 0.2) is 0 Å². The molecule has 0 saturated carbocycles. The van der Waals surface area contributed by atoms with E-state index in [1.807, 2.05) is 30.3 Å². The molecule has 0 bridgehead atoms. The summed E-state index contributed by atoms with van der Waals surface area (Å²) in [5.41, 5.74) is 0. The summed E-state index contributed by atoms with van der Waals surface area (Å²) >= 11 is 1.45. The monoisotopic (exact) mass is 331 g/mol. The van der Waals surface area contributed by atoms with E-state index in [4.69, 9.17) is 0 Å². The Morgan fingerprint density at radius 2 is 2.22 bits per heavy atom. The number of rotatable bonds is 6. The molecule has 9 heteroatoms. The molecular formula is C14H13N5O3S. The second kappa shape index (κ2) is 6.53. The van der Waals surface area contributed by atoms with E-state index in [1.54, 1.807) is 0 Å². The van der Waals surface area contributed by atoms with E-state index in [0.717, 1.165) is 10.1 Å². The van der Waals surface area contributed by atoms with Crippen LogP contribution in [-0.4, -0.2) is 32.1 Å². The lowest BCUT2D eigenvalue weighted by atomic mass is 10.2. The summed E-state index contributed by atoms with van der Waals surface area (Å²) in [4.78, 5) is 26.2. The maximum atomic E-state index is 12.1. The Hall–Kier alpha value is -2.81. The molecule has 8 nitrogen and oxygen atoms in total. The van der Waals surface area contributed by atoms with Crippen molar-refractivity contribution in [2.45, 2.75) is 13.0 Å². The summed E-state index contributed by atoms with van der Waals surface area (Å²) in [6, 6.07) is 9.70. The van der Waals surface area contributed by atoms with Gasteiger partial charge in [0, 0.05) is 16.3 Å². The number of nitrogens with one attached hydrogen (secondary N) is 1. The Morgan fingerprint density at radius 1 is 1.39 bits per heavy atom. The number of aryl methyl sites for hydroxylation is 1. The maximum absolute atomic E-state index is 12.1. The normalized spacial score (nSPS) is 10.8. The number of hydrogen-bond acceptors (Lipinski definition) is 6. The zero-order valence-corrected chi connectivity index (χ0v) is 12.8. The van der Waals surface area contributed by atoms with Crippen LogP contribution in [0.1, 0.15) is 16.1 Å². The lowest BCUT2D eigenvalue weighted by Gasteiger charge is -2.02. The Morgan fingerprint density at radius 3 is 2.96 bits per heavy atom. The first-order valence-corrected chi connectivity index (χ1v) is 7.76. The second-order valence-electron chi connectivity index (χ2n) is 4.82. The van der Waals surface area contributed by atoms with Crippen molar-refractivity contribution in [3.8, 4) is 0 Å². The average molecular weight is 331 g/mol. The van der Waals surface area contributed by atoms with Gasteiger partial charge in [-0.3, -0.25) is 4.79 Å². The van der Waals surface area contributed by atoms with Gasteiger partial charge in [-0.1, -0.05) is 23.2 Å². The molecule has 0 aliphatic carbocycles. The number of carbonyl (C=O) groups excluding carboxylic acids is 1. The lowest BCUT2D eigenvalue weighted by Crippen LogP contribution is -2.24. The molecule has 0 aliphatic rings. The van der Waals surface area contributed by atoms with Gasteiger partial charge < -0.3 is 15.4 Å². The minimum Gasteiger partial charge on any atom is -0.390 e. The predicted octanol–water partition coefficient (Wildman–Crippen LogP) is 2.22. The van der Waals surface area contributed by atoms with Crippen LogP contribution in [0.5, 0.6) is 0 Å². The first-order chi connectivity index (χ1) is 11.1. The van der Waals surface area contributed by atoms with Gasteiger partial charge in [0.05, 0.1) is 11.4 Å². The van der Waals surface area contributed by atoms with Crippen LogP contribution in [0.2, 0.25) is 0 Å². The van der Waals surface area contributed by atoms with Gasteiger partial charge in [-0.25, -0.2) is 0 Å². The Kier molecular flexibility index (Phi) is 4.29. The second-order valence-corrected chi connectivity index (χ2v) is 5.91. The number of nitrogens with zero attached hydrogens (tertiary/aromatic N) is 4. The summed E-state index contributed by atoms with van der Waals surface area (Å²) in [5.74, 6) is -0.532. The predicted molar refractivity (Wildman–Crippen MR) is 85.5 cm³/mol. The minimum absolute atomic E-state index is 0.115. The largest absolute Gasteiger partial charge is 0.490 e. The highest BCUT2D eigenvalue weighted by Gasteiger charge is 2.13. The van der Waals surface area contributed by atoms with Crippen molar-refractivity contribution in [2.24, 2.45) is 0 Å². The summed E-state index contributed by atoms with van der Waals surface area (Å²) < 4.78 is 2.47. The molecule has 1 aromatic carbocycles. The van der Waals surface area contributed by atoms with E-state index in [1.165, 1.54) is 22.3 Å². The molecule has 3 aromatic rings. The fourth-order valence-electron chi connectivity index (χ4n) is 2.10. The minimum atomic E-state index is -0.639. The zero-order valence-electron chi connectivity index (χ0n) is 12.0. The van der Waals surface area contributed by atoms with E-state index in [2.05, 4.69) is 15.4 Å². The number of hydrogen-bond donors (Lipinski definition) is 1. The van der Waals surface area contributed by atoms with Crippen LogP contribution < -0.4 is 5.32 Å². The topological polar surface area (TPSA) is 103 Å². The van der Waals surface area contributed by atoms with Crippen LogP contribution in [0, 0.1) is 10.1 Å². The van der Waals surface area contributed by atoms with Gasteiger partial charge in [0.1, 0.15) is 0 Å². The fourth-order valence-corrected chi connectivity index (χ4v) is 3.08. The number of aromatic nitrogens is 3. The Bertz CT molecular complexity index is 824. The maximum Gasteiger partial charge on any atom is 0.490 e. The summed E-state index contributed by atoms with van der Waals surface area (Å²) in [6.45, 7) is 0.911. The number of thiophene rings is 1. The van der Waals surface area contributed by atoms with E-state index < -0.39 is 10.9 Å². The number of benzene rings is 1. The van der Waals surface area contributed by atoms with Gasteiger partial charge in [-0.2, -0.15) is 4.68 Å². The quantitative estimate of drug-likeness (QED) is 0.424. The number of carbonyl (C=O) groups is 1. The smallest absolute Gasteiger partial charge is 0.390 e. The third-order valence-corrected chi connectivity index (χ3v) is 4.30. The number of nitro groups is 1. The molecule has 0 fully saturated rings. The molecular weight excluding hydrogens is 318 g/mol. The molecule has 0 spiro atoms. The molecule has 0 saturated heterocycles. The lowest BCUT2D eigenvalue weighted by molar-refractivity contribution is -0.394. The summed E-state index contributed by atoms with van der Waals surface area (Å²) in [7, 11) is 0. The molecule has 3 rings (SSSR count).